The fourth-order valence-electron chi connectivity index (χ4n) is 4.32. The molecule has 0 heterocycles. The van der Waals surface area contributed by atoms with Crippen molar-refractivity contribution in [3.63, 3.8) is 0 Å². The highest BCUT2D eigenvalue weighted by Crippen LogP contribution is 2.56. The zero-order chi connectivity index (χ0) is 15.6. The van der Waals surface area contributed by atoms with Crippen LogP contribution in [0.15, 0.2) is 54.6 Å². The van der Waals surface area contributed by atoms with Crippen LogP contribution in [0.3, 0.4) is 0 Å². The number of aryl methyl sites for hydroxylation is 2. The topological polar surface area (TPSA) is 0 Å². The molecule has 3 aromatic rings. The standard InChI is InChI=1S/C23H20/c1-14-7-9-16-5-3-4-6-19(16)21(14)22-15(2)8-10-17-11-12-18-13-20(18)23(17)22/h3-12,18,20H,13H2,1-2H3. The molecule has 0 heteroatoms. The molecule has 2 aliphatic carbocycles. The van der Waals surface area contributed by atoms with Crippen molar-refractivity contribution in [3.8, 4) is 11.1 Å². The average Bonchev–Trinajstić information content (AvgIpc) is 3.35. The first kappa shape index (κ1) is 13.1. The Morgan fingerprint density at radius 2 is 1.61 bits per heavy atom. The van der Waals surface area contributed by atoms with Crippen LogP contribution in [0, 0.1) is 19.8 Å². The van der Waals surface area contributed by atoms with Gasteiger partial charge in [-0.2, -0.15) is 0 Å². The van der Waals surface area contributed by atoms with Gasteiger partial charge in [0.25, 0.3) is 0 Å². The monoisotopic (exact) mass is 296 g/mol. The summed E-state index contributed by atoms with van der Waals surface area (Å²) >= 11 is 0. The molecule has 0 aliphatic heterocycles. The van der Waals surface area contributed by atoms with Crippen LogP contribution >= 0.6 is 0 Å². The van der Waals surface area contributed by atoms with Crippen LogP contribution in [0.25, 0.3) is 28.0 Å². The third-order valence-electron chi connectivity index (χ3n) is 5.61. The van der Waals surface area contributed by atoms with Crippen molar-refractivity contribution in [2.45, 2.75) is 26.2 Å². The number of benzene rings is 3. The van der Waals surface area contributed by atoms with Gasteiger partial charge in [-0.3, -0.25) is 0 Å². The predicted octanol–water partition coefficient (Wildman–Crippen LogP) is 6.25. The number of allylic oxidation sites excluding steroid dienone is 1. The second kappa shape index (κ2) is 4.58. The van der Waals surface area contributed by atoms with E-state index in [4.69, 9.17) is 0 Å². The summed E-state index contributed by atoms with van der Waals surface area (Å²) in [5.41, 5.74) is 8.75. The third kappa shape index (κ3) is 1.84. The van der Waals surface area contributed by atoms with E-state index < -0.39 is 0 Å². The van der Waals surface area contributed by atoms with Gasteiger partial charge in [0.2, 0.25) is 0 Å². The molecule has 1 fully saturated rings. The Hall–Kier alpha value is -2.34. The molecule has 2 unspecified atom stereocenters. The van der Waals surface area contributed by atoms with Crippen LogP contribution in [-0.4, -0.2) is 0 Å². The molecular weight excluding hydrogens is 276 g/mol. The first-order valence-electron chi connectivity index (χ1n) is 8.54. The van der Waals surface area contributed by atoms with Crippen molar-refractivity contribution in [2.75, 3.05) is 0 Å². The Morgan fingerprint density at radius 3 is 2.52 bits per heavy atom. The van der Waals surface area contributed by atoms with Crippen molar-refractivity contribution in [3.05, 3.63) is 76.9 Å². The van der Waals surface area contributed by atoms with Crippen molar-refractivity contribution in [1.29, 1.82) is 0 Å². The molecule has 0 spiro atoms. The minimum atomic E-state index is 0.739. The first-order chi connectivity index (χ1) is 11.2. The smallest absolute Gasteiger partial charge is 0.00704 e. The molecular formula is C23H20. The molecule has 0 aromatic heterocycles. The maximum absolute atomic E-state index is 2.40. The van der Waals surface area contributed by atoms with Gasteiger partial charge in [-0.05, 0) is 76.3 Å². The quantitative estimate of drug-likeness (QED) is 0.497. The van der Waals surface area contributed by atoms with Gasteiger partial charge in [0.1, 0.15) is 0 Å². The van der Waals surface area contributed by atoms with E-state index in [1.165, 1.54) is 45.0 Å². The molecule has 23 heavy (non-hydrogen) atoms. The number of hydrogen-bond acceptors (Lipinski definition) is 0. The SMILES string of the molecule is Cc1ccc2c(c1-c1c(C)ccc3ccccc13)C1CC1C=C2. The van der Waals surface area contributed by atoms with Crippen molar-refractivity contribution in [1.82, 2.24) is 0 Å². The molecule has 5 rings (SSSR count). The molecule has 2 atom stereocenters. The lowest BCUT2D eigenvalue weighted by Crippen LogP contribution is -2.00. The lowest BCUT2D eigenvalue weighted by Gasteiger charge is -2.21. The van der Waals surface area contributed by atoms with E-state index in [0.29, 0.717) is 0 Å². The van der Waals surface area contributed by atoms with Crippen LogP contribution in [0.2, 0.25) is 0 Å². The summed E-state index contributed by atoms with van der Waals surface area (Å²) in [4.78, 5) is 0. The lowest BCUT2D eigenvalue weighted by molar-refractivity contribution is 0.995. The van der Waals surface area contributed by atoms with Crippen LogP contribution < -0.4 is 0 Å². The summed E-state index contributed by atoms with van der Waals surface area (Å²) in [6.45, 7) is 4.52. The minimum absolute atomic E-state index is 0.739. The summed E-state index contributed by atoms with van der Waals surface area (Å²) in [6.07, 6.45) is 6.07. The van der Waals surface area contributed by atoms with E-state index in [-0.39, 0.29) is 0 Å². The Morgan fingerprint density at radius 1 is 0.826 bits per heavy atom. The van der Waals surface area contributed by atoms with Crippen molar-refractivity contribution < 1.29 is 0 Å². The van der Waals surface area contributed by atoms with Crippen LogP contribution in [0.4, 0.5) is 0 Å². The lowest BCUT2D eigenvalue weighted by atomic mass is 9.83. The largest absolute Gasteiger partial charge is 0.0802 e. The summed E-state index contributed by atoms with van der Waals surface area (Å²) in [6, 6.07) is 17.9. The van der Waals surface area contributed by atoms with Gasteiger partial charge >= 0.3 is 0 Å². The molecule has 3 aromatic carbocycles. The van der Waals surface area contributed by atoms with Gasteiger partial charge in [0.15, 0.2) is 0 Å². The zero-order valence-electron chi connectivity index (χ0n) is 13.6. The second-order valence-corrected chi connectivity index (χ2v) is 7.10. The Labute approximate surface area is 137 Å². The van der Waals surface area contributed by atoms with E-state index in [2.05, 4.69) is 74.5 Å². The first-order valence-corrected chi connectivity index (χ1v) is 8.54. The van der Waals surface area contributed by atoms with Crippen LogP contribution in [0.1, 0.15) is 34.6 Å². The van der Waals surface area contributed by atoms with Crippen molar-refractivity contribution in [2.24, 2.45) is 5.92 Å². The maximum atomic E-state index is 2.40. The molecule has 1 saturated carbocycles. The number of fused-ring (bicyclic) bond motifs is 4. The highest BCUT2D eigenvalue weighted by atomic mass is 14.4. The maximum Gasteiger partial charge on any atom is -0.00704 e. The van der Waals surface area contributed by atoms with Crippen LogP contribution in [-0.2, 0) is 0 Å². The van der Waals surface area contributed by atoms with E-state index in [1.54, 1.807) is 5.56 Å². The Kier molecular flexibility index (Phi) is 2.61. The highest BCUT2D eigenvalue weighted by Gasteiger charge is 2.41. The van der Waals surface area contributed by atoms with Gasteiger partial charge in [0.05, 0.1) is 0 Å². The van der Waals surface area contributed by atoms with Gasteiger partial charge < -0.3 is 0 Å². The normalized spacial score (nSPS) is 21.1. The van der Waals surface area contributed by atoms with Gasteiger partial charge in [-0.25, -0.2) is 0 Å². The summed E-state index contributed by atoms with van der Waals surface area (Å²) in [5.74, 6) is 1.52. The molecule has 0 bridgehead atoms. The van der Waals surface area contributed by atoms with E-state index in [9.17, 15) is 0 Å². The number of hydrogen-bond donors (Lipinski definition) is 0. The zero-order valence-corrected chi connectivity index (χ0v) is 13.6. The summed E-state index contributed by atoms with van der Waals surface area (Å²) in [7, 11) is 0. The van der Waals surface area contributed by atoms with E-state index in [0.717, 1.165) is 11.8 Å². The molecule has 2 aliphatic rings. The summed E-state index contributed by atoms with van der Waals surface area (Å²) in [5, 5.41) is 2.72. The molecule has 112 valence electrons. The molecule has 0 nitrogen and oxygen atoms in total. The Balaban J connectivity index is 1.91. The minimum Gasteiger partial charge on any atom is -0.0802 e. The molecule has 0 amide bonds. The van der Waals surface area contributed by atoms with Gasteiger partial charge in [0, 0.05) is 0 Å². The van der Waals surface area contributed by atoms with Gasteiger partial charge in [-0.1, -0.05) is 60.7 Å². The van der Waals surface area contributed by atoms with Gasteiger partial charge in [-0.15, -0.1) is 0 Å². The van der Waals surface area contributed by atoms with E-state index in [1.807, 2.05) is 0 Å². The number of rotatable bonds is 1. The second-order valence-electron chi connectivity index (χ2n) is 7.10. The predicted molar refractivity (Wildman–Crippen MR) is 98.7 cm³/mol. The molecule has 0 radical (unpaired) electrons. The molecule has 0 saturated heterocycles. The Bertz CT molecular complexity index is 975. The van der Waals surface area contributed by atoms with Crippen LogP contribution in [0.5, 0.6) is 0 Å². The fraction of sp³-hybridized carbons (Fsp3) is 0.217. The van der Waals surface area contributed by atoms with E-state index >= 15 is 0 Å². The fourth-order valence-corrected chi connectivity index (χ4v) is 4.32. The van der Waals surface area contributed by atoms with Crippen molar-refractivity contribution >= 4 is 16.8 Å². The third-order valence-corrected chi connectivity index (χ3v) is 5.61. The highest BCUT2D eigenvalue weighted by molar-refractivity contribution is 6.00. The average molecular weight is 296 g/mol. The molecule has 0 N–H and O–H groups in total. The summed E-state index contributed by atoms with van der Waals surface area (Å²) < 4.78 is 0.